The van der Waals surface area contributed by atoms with Gasteiger partial charge in [0, 0.05) is 24.4 Å². The van der Waals surface area contributed by atoms with Crippen molar-refractivity contribution in [2.45, 2.75) is 6.17 Å². The van der Waals surface area contributed by atoms with Crippen LogP contribution >= 0.6 is 0 Å². The molecule has 1 unspecified atom stereocenters. The number of hydrogen-bond acceptors (Lipinski definition) is 4. The first-order valence-electron chi connectivity index (χ1n) is 6.30. The summed E-state index contributed by atoms with van der Waals surface area (Å²) in [5.74, 6) is 0.309. The van der Waals surface area contributed by atoms with Crippen molar-refractivity contribution in [1.29, 1.82) is 0 Å². The van der Waals surface area contributed by atoms with Crippen LogP contribution in [0.2, 0.25) is 0 Å². The summed E-state index contributed by atoms with van der Waals surface area (Å²) in [4.78, 5) is 22.3. The van der Waals surface area contributed by atoms with Crippen molar-refractivity contribution in [2.75, 3.05) is 11.9 Å². The van der Waals surface area contributed by atoms with E-state index >= 15 is 0 Å². The Morgan fingerprint density at radius 1 is 1.15 bits per heavy atom. The molecule has 0 radical (unpaired) electrons. The van der Waals surface area contributed by atoms with Gasteiger partial charge in [0.1, 0.15) is 5.82 Å². The van der Waals surface area contributed by atoms with Crippen LogP contribution in [0.1, 0.15) is 11.1 Å². The number of benzene rings is 1. The molecule has 100 valence electrons. The maximum atomic E-state index is 12.1. The number of nitrogens with zero attached hydrogens (tertiary/aromatic N) is 3. The van der Waals surface area contributed by atoms with Crippen molar-refractivity contribution in [3.8, 4) is 0 Å². The fourth-order valence-corrected chi connectivity index (χ4v) is 2.24. The van der Waals surface area contributed by atoms with E-state index in [1.807, 2.05) is 42.5 Å². The Morgan fingerprint density at radius 3 is 2.65 bits per heavy atom. The van der Waals surface area contributed by atoms with Crippen LogP contribution in [0, 0.1) is 0 Å². The predicted octanol–water partition coefficient (Wildman–Crippen LogP) is 1.18. The number of carbonyl (C=O) groups is 1. The number of aliphatic imine (C=N–C) groups is 1. The molecule has 0 bridgehead atoms. The monoisotopic (exact) mass is 266 g/mol. The Hall–Kier alpha value is -2.53. The minimum absolute atomic E-state index is 0.268. The van der Waals surface area contributed by atoms with Gasteiger partial charge < -0.3 is 5.73 Å². The molecule has 0 saturated heterocycles. The molecular weight excluding hydrogens is 252 g/mol. The summed E-state index contributed by atoms with van der Waals surface area (Å²) in [6.45, 7) is 0. The molecule has 0 aliphatic carbocycles. The average Bonchev–Trinajstić information content (AvgIpc) is 2.60. The van der Waals surface area contributed by atoms with Gasteiger partial charge in [0.2, 0.25) is 0 Å². The maximum Gasteiger partial charge on any atom is 0.267 e. The minimum atomic E-state index is -0.913. The minimum Gasteiger partial charge on any atom is -0.302 e. The summed E-state index contributed by atoms with van der Waals surface area (Å²) < 4.78 is 0. The first-order valence-corrected chi connectivity index (χ1v) is 6.30. The Bertz CT molecular complexity index is 681. The molecular formula is C15H14N4O. The quantitative estimate of drug-likeness (QED) is 0.842. The molecule has 3 rings (SSSR count). The lowest BCUT2D eigenvalue weighted by atomic mass is 10.0. The van der Waals surface area contributed by atoms with Gasteiger partial charge in [-0.2, -0.15) is 0 Å². The second kappa shape index (κ2) is 4.86. The van der Waals surface area contributed by atoms with E-state index in [1.165, 1.54) is 4.90 Å². The smallest absolute Gasteiger partial charge is 0.267 e. The van der Waals surface area contributed by atoms with Crippen LogP contribution in [0.25, 0.3) is 0 Å². The van der Waals surface area contributed by atoms with Crippen molar-refractivity contribution >= 4 is 17.4 Å². The molecule has 2 heterocycles. The summed E-state index contributed by atoms with van der Waals surface area (Å²) in [6.07, 6.45) is 0.742. The lowest BCUT2D eigenvalue weighted by Crippen LogP contribution is -2.40. The molecule has 0 spiro atoms. The molecule has 1 atom stereocenters. The molecule has 1 amide bonds. The maximum absolute atomic E-state index is 12.1. The predicted molar refractivity (Wildman–Crippen MR) is 77.7 cm³/mol. The number of hydrogen-bond donors (Lipinski definition) is 1. The Morgan fingerprint density at radius 2 is 1.90 bits per heavy atom. The third-order valence-electron chi connectivity index (χ3n) is 3.26. The number of likely N-dealkylation sites (N-methyl/N-ethyl adjacent to an activating group) is 1. The molecule has 0 fully saturated rings. The van der Waals surface area contributed by atoms with E-state index in [0.717, 1.165) is 11.1 Å². The second-order valence-electron chi connectivity index (χ2n) is 4.56. The van der Waals surface area contributed by atoms with E-state index < -0.39 is 6.17 Å². The number of pyridine rings is 1. The Labute approximate surface area is 116 Å². The summed E-state index contributed by atoms with van der Waals surface area (Å²) in [6, 6.07) is 13.4. The highest BCUT2D eigenvalue weighted by molar-refractivity contribution is 6.19. The number of carbonyl (C=O) groups excluding carboxylic acids is 1. The third kappa shape index (κ3) is 1.98. The van der Waals surface area contributed by atoms with Gasteiger partial charge in [-0.15, -0.1) is 0 Å². The number of fused-ring (bicyclic) bond motifs is 1. The van der Waals surface area contributed by atoms with E-state index in [9.17, 15) is 4.79 Å². The standard InChI is InChI=1S/C15H14N4O/c1-19-14-11(8-5-9-17-14)12(18-13(16)15(19)20)10-6-3-2-4-7-10/h2-9,13H,16H2,1H3. The molecule has 20 heavy (non-hydrogen) atoms. The van der Waals surface area contributed by atoms with Crippen LogP contribution in [0.5, 0.6) is 0 Å². The zero-order chi connectivity index (χ0) is 14.1. The van der Waals surface area contributed by atoms with Gasteiger partial charge in [-0.25, -0.2) is 4.98 Å². The zero-order valence-corrected chi connectivity index (χ0v) is 11.0. The third-order valence-corrected chi connectivity index (χ3v) is 3.26. The van der Waals surface area contributed by atoms with E-state index in [0.29, 0.717) is 11.5 Å². The number of aromatic nitrogens is 1. The second-order valence-corrected chi connectivity index (χ2v) is 4.56. The number of amides is 1. The van der Waals surface area contributed by atoms with Gasteiger partial charge >= 0.3 is 0 Å². The number of nitrogens with two attached hydrogens (primary N) is 1. The highest BCUT2D eigenvalue weighted by Gasteiger charge is 2.28. The van der Waals surface area contributed by atoms with E-state index in [4.69, 9.17) is 5.73 Å². The summed E-state index contributed by atoms with van der Waals surface area (Å²) in [7, 11) is 1.66. The molecule has 0 saturated carbocycles. The fraction of sp³-hybridized carbons (Fsp3) is 0.133. The Kier molecular flexibility index (Phi) is 3.04. The van der Waals surface area contributed by atoms with Crippen LogP contribution in [0.4, 0.5) is 5.82 Å². The largest absolute Gasteiger partial charge is 0.302 e. The van der Waals surface area contributed by atoms with Gasteiger partial charge in [-0.1, -0.05) is 30.3 Å². The lowest BCUT2D eigenvalue weighted by Gasteiger charge is -2.17. The molecule has 5 heteroatoms. The summed E-state index contributed by atoms with van der Waals surface area (Å²) >= 11 is 0. The average molecular weight is 266 g/mol. The Balaban J connectivity index is 2.24. The van der Waals surface area contributed by atoms with Crippen molar-refractivity contribution in [3.05, 3.63) is 59.8 Å². The molecule has 5 nitrogen and oxygen atoms in total. The SMILES string of the molecule is CN1C(=O)C(N)N=C(c2ccccc2)c2cccnc21. The summed E-state index contributed by atoms with van der Waals surface area (Å²) in [5, 5.41) is 0. The molecule has 1 aliphatic rings. The zero-order valence-electron chi connectivity index (χ0n) is 11.0. The van der Waals surface area contributed by atoms with E-state index in [1.54, 1.807) is 13.2 Å². The highest BCUT2D eigenvalue weighted by Crippen LogP contribution is 2.24. The van der Waals surface area contributed by atoms with Crippen LogP contribution in [-0.2, 0) is 4.79 Å². The topological polar surface area (TPSA) is 71.6 Å². The fourth-order valence-electron chi connectivity index (χ4n) is 2.24. The normalized spacial score (nSPS) is 18.3. The van der Waals surface area contributed by atoms with Crippen molar-refractivity contribution in [3.63, 3.8) is 0 Å². The first kappa shape index (κ1) is 12.5. The highest BCUT2D eigenvalue weighted by atomic mass is 16.2. The van der Waals surface area contributed by atoms with Crippen molar-refractivity contribution < 1.29 is 4.79 Å². The lowest BCUT2D eigenvalue weighted by molar-refractivity contribution is -0.119. The van der Waals surface area contributed by atoms with E-state index in [2.05, 4.69) is 9.98 Å². The van der Waals surface area contributed by atoms with Crippen molar-refractivity contribution in [2.24, 2.45) is 10.7 Å². The number of rotatable bonds is 1. The van der Waals surface area contributed by atoms with Gasteiger partial charge in [0.25, 0.3) is 5.91 Å². The van der Waals surface area contributed by atoms with Crippen LogP contribution < -0.4 is 10.6 Å². The number of anilines is 1. The summed E-state index contributed by atoms with van der Waals surface area (Å²) in [5.41, 5.74) is 8.29. The first-order chi connectivity index (χ1) is 9.68. The van der Waals surface area contributed by atoms with Crippen molar-refractivity contribution in [1.82, 2.24) is 4.98 Å². The molecule has 1 aromatic heterocycles. The molecule has 2 aromatic rings. The van der Waals surface area contributed by atoms with Crippen LogP contribution in [0.15, 0.2) is 53.7 Å². The van der Waals surface area contributed by atoms with Gasteiger partial charge in [-0.3, -0.25) is 14.7 Å². The van der Waals surface area contributed by atoms with Crippen LogP contribution in [0.3, 0.4) is 0 Å². The van der Waals surface area contributed by atoms with Gasteiger partial charge in [-0.05, 0) is 12.1 Å². The molecule has 2 N–H and O–H groups in total. The molecule has 1 aromatic carbocycles. The van der Waals surface area contributed by atoms with E-state index in [-0.39, 0.29) is 5.91 Å². The van der Waals surface area contributed by atoms with Gasteiger partial charge in [0.05, 0.1) is 5.71 Å². The van der Waals surface area contributed by atoms with Crippen LogP contribution in [-0.4, -0.2) is 29.8 Å². The molecule has 1 aliphatic heterocycles. The van der Waals surface area contributed by atoms with Gasteiger partial charge in [0.15, 0.2) is 6.17 Å².